The van der Waals surface area contributed by atoms with Crippen molar-refractivity contribution in [1.82, 2.24) is 19.5 Å². The van der Waals surface area contributed by atoms with E-state index in [4.69, 9.17) is 0 Å². The molecule has 1 fully saturated rings. The number of pyridine rings is 1. The zero-order valence-electron chi connectivity index (χ0n) is 15.0. The monoisotopic (exact) mass is 356 g/mol. The Labute approximate surface area is 157 Å². The van der Waals surface area contributed by atoms with Crippen molar-refractivity contribution in [2.45, 2.75) is 18.8 Å². The Morgan fingerprint density at radius 2 is 1.81 bits per heavy atom. The highest BCUT2D eigenvalue weighted by Gasteiger charge is 2.28. The first-order valence-electron chi connectivity index (χ1n) is 9.38. The lowest BCUT2D eigenvalue weighted by molar-refractivity contribution is 0.0706. The molecule has 1 saturated heterocycles. The number of carbonyl (C=O) groups is 1. The summed E-state index contributed by atoms with van der Waals surface area (Å²) in [5, 5.41) is 10.8. The number of hydrogen-bond acceptors (Lipinski definition) is 3. The highest BCUT2D eigenvalue weighted by atomic mass is 16.2. The average molecular weight is 356 g/mol. The second-order valence-corrected chi connectivity index (χ2v) is 7.10. The minimum Gasteiger partial charge on any atom is -0.338 e. The number of amides is 1. The van der Waals surface area contributed by atoms with E-state index in [0.29, 0.717) is 6.54 Å². The van der Waals surface area contributed by atoms with E-state index >= 15 is 0 Å². The molecule has 3 heterocycles. The number of carbonyl (C=O) groups excluding carboxylic acids is 1. The normalized spacial score (nSPS) is 17.5. The number of likely N-dealkylation sites (tertiary alicyclic amines) is 1. The molecule has 0 unspecified atom stereocenters. The van der Waals surface area contributed by atoms with E-state index in [9.17, 15) is 4.79 Å². The first-order valence-corrected chi connectivity index (χ1v) is 9.38. The fraction of sp³-hybridized carbons (Fsp3) is 0.227. The molecule has 0 radical (unpaired) electrons. The van der Waals surface area contributed by atoms with Crippen molar-refractivity contribution in [2.24, 2.45) is 0 Å². The average Bonchev–Trinajstić information content (AvgIpc) is 3.17. The summed E-state index contributed by atoms with van der Waals surface area (Å²) in [7, 11) is 0. The zero-order chi connectivity index (χ0) is 18.2. The van der Waals surface area contributed by atoms with E-state index in [1.54, 1.807) is 0 Å². The Hall–Kier alpha value is -3.21. The van der Waals surface area contributed by atoms with Crippen LogP contribution in [0.15, 0.2) is 66.9 Å². The molecule has 134 valence electrons. The molecule has 4 aromatic rings. The molecule has 1 aliphatic heterocycles. The summed E-state index contributed by atoms with van der Waals surface area (Å²) < 4.78 is 2.04. The van der Waals surface area contributed by atoms with Crippen LogP contribution in [-0.4, -0.2) is 38.5 Å². The molecule has 5 heteroatoms. The first-order chi connectivity index (χ1) is 13.3. The van der Waals surface area contributed by atoms with Crippen LogP contribution in [0.25, 0.3) is 16.4 Å². The molecule has 5 nitrogen and oxygen atoms in total. The van der Waals surface area contributed by atoms with Crippen LogP contribution in [0.5, 0.6) is 0 Å². The lowest BCUT2D eigenvalue weighted by Crippen LogP contribution is -2.39. The predicted molar refractivity (Wildman–Crippen MR) is 105 cm³/mol. The van der Waals surface area contributed by atoms with Crippen molar-refractivity contribution in [2.75, 3.05) is 13.1 Å². The number of piperidine rings is 1. The van der Waals surface area contributed by atoms with Crippen molar-refractivity contribution in [3.8, 4) is 0 Å². The lowest BCUT2D eigenvalue weighted by atomic mass is 9.95. The molecule has 0 saturated carbocycles. The van der Waals surface area contributed by atoms with Gasteiger partial charge in [-0.15, -0.1) is 10.2 Å². The molecule has 0 bridgehead atoms. The van der Waals surface area contributed by atoms with Crippen LogP contribution >= 0.6 is 0 Å². The lowest BCUT2D eigenvalue weighted by Gasteiger charge is -2.32. The maximum absolute atomic E-state index is 13.3. The highest BCUT2D eigenvalue weighted by Crippen LogP contribution is 2.28. The van der Waals surface area contributed by atoms with Gasteiger partial charge in [-0.25, -0.2) is 0 Å². The van der Waals surface area contributed by atoms with Crippen LogP contribution in [-0.2, 0) is 0 Å². The van der Waals surface area contributed by atoms with Gasteiger partial charge in [-0.3, -0.25) is 9.20 Å². The van der Waals surface area contributed by atoms with Crippen molar-refractivity contribution in [1.29, 1.82) is 0 Å². The van der Waals surface area contributed by atoms with Crippen LogP contribution in [0, 0.1) is 0 Å². The highest BCUT2D eigenvalue weighted by molar-refractivity contribution is 6.07. The maximum atomic E-state index is 13.3. The van der Waals surface area contributed by atoms with E-state index < -0.39 is 0 Å². The smallest absolute Gasteiger partial charge is 0.254 e. The summed E-state index contributed by atoms with van der Waals surface area (Å²) in [4.78, 5) is 15.2. The van der Waals surface area contributed by atoms with Crippen molar-refractivity contribution in [3.63, 3.8) is 0 Å². The van der Waals surface area contributed by atoms with Crippen LogP contribution < -0.4 is 0 Å². The molecule has 1 amide bonds. The second kappa shape index (κ2) is 6.50. The van der Waals surface area contributed by atoms with Crippen LogP contribution in [0.4, 0.5) is 0 Å². The van der Waals surface area contributed by atoms with Crippen molar-refractivity contribution >= 4 is 22.3 Å². The van der Waals surface area contributed by atoms with Gasteiger partial charge in [-0.05, 0) is 41.8 Å². The topological polar surface area (TPSA) is 50.5 Å². The van der Waals surface area contributed by atoms with Crippen molar-refractivity contribution < 1.29 is 4.79 Å². The van der Waals surface area contributed by atoms with Gasteiger partial charge in [0.15, 0.2) is 5.65 Å². The Bertz CT molecular complexity index is 1130. The molecule has 0 spiro atoms. The van der Waals surface area contributed by atoms with Gasteiger partial charge >= 0.3 is 0 Å². The van der Waals surface area contributed by atoms with E-state index in [2.05, 4.69) is 10.2 Å². The fourth-order valence-corrected chi connectivity index (χ4v) is 4.09. The molecular weight excluding hydrogens is 336 g/mol. The predicted octanol–water partition coefficient (Wildman–Crippen LogP) is 3.90. The number of nitrogens with zero attached hydrogens (tertiary/aromatic N) is 4. The Morgan fingerprint density at radius 1 is 0.963 bits per heavy atom. The molecule has 0 aliphatic carbocycles. The third-order valence-electron chi connectivity index (χ3n) is 5.43. The third kappa shape index (κ3) is 2.76. The largest absolute Gasteiger partial charge is 0.338 e. The van der Waals surface area contributed by atoms with Crippen LogP contribution in [0.2, 0.25) is 0 Å². The summed E-state index contributed by atoms with van der Waals surface area (Å²) >= 11 is 0. The molecule has 27 heavy (non-hydrogen) atoms. The van der Waals surface area contributed by atoms with Gasteiger partial charge in [0, 0.05) is 30.8 Å². The Morgan fingerprint density at radius 3 is 2.78 bits per heavy atom. The molecule has 2 aromatic heterocycles. The summed E-state index contributed by atoms with van der Waals surface area (Å²) in [5.74, 6) is 1.25. The van der Waals surface area contributed by atoms with Gasteiger partial charge in [0.1, 0.15) is 5.82 Å². The first kappa shape index (κ1) is 16.0. The minimum atomic E-state index is 0.102. The third-order valence-corrected chi connectivity index (χ3v) is 5.43. The number of fused-ring (bicyclic) bond motifs is 2. The SMILES string of the molecule is O=C(c1cccc2ccccc12)N1CCC[C@H](c2nnc3ccccn23)C1. The van der Waals surface area contributed by atoms with Gasteiger partial charge in [0.25, 0.3) is 5.91 Å². The van der Waals surface area contributed by atoms with E-state index in [1.807, 2.05) is 76.2 Å². The molecular formula is C22H20N4O. The molecule has 2 aromatic carbocycles. The Balaban J connectivity index is 1.46. The molecule has 1 atom stereocenters. The van der Waals surface area contributed by atoms with Crippen LogP contribution in [0.3, 0.4) is 0 Å². The molecule has 1 aliphatic rings. The fourth-order valence-electron chi connectivity index (χ4n) is 4.09. The van der Waals surface area contributed by atoms with E-state index in [0.717, 1.165) is 47.2 Å². The zero-order valence-corrected chi connectivity index (χ0v) is 15.0. The second-order valence-electron chi connectivity index (χ2n) is 7.10. The number of benzene rings is 2. The van der Waals surface area contributed by atoms with Crippen molar-refractivity contribution in [3.05, 3.63) is 78.2 Å². The van der Waals surface area contributed by atoms with Gasteiger partial charge in [0.05, 0.1) is 0 Å². The van der Waals surface area contributed by atoms with E-state index in [-0.39, 0.29) is 11.8 Å². The minimum absolute atomic E-state index is 0.102. The van der Waals surface area contributed by atoms with Gasteiger partial charge in [0.2, 0.25) is 0 Å². The maximum Gasteiger partial charge on any atom is 0.254 e. The van der Waals surface area contributed by atoms with Gasteiger partial charge in [-0.1, -0.05) is 42.5 Å². The summed E-state index contributed by atoms with van der Waals surface area (Å²) in [6.45, 7) is 1.47. The summed E-state index contributed by atoms with van der Waals surface area (Å²) in [5.41, 5.74) is 1.63. The van der Waals surface area contributed by atoms with Crippen LogP contribution in [0.1, 0.15) is 34.9 Å². The molecule has 0 N–H and O–H groups in total. The van der Waals surface area contributed by atoms with Gasteiger partial charge in [-0.2, -0.15) is 0 Å². The quantitative estimate of drug-likeness (QED) is 0.547. The molecule has 5 rings (SSSR count). The van der Waals surface area contributed by atoms with Gasteiger partial charge < -0.3 is 4.90 Å². The van der Waals surface area contributed by atoms with E-state index in [1.165, 1.54) is 0 Å². The standard InChI is InChI=1S/C22H20N4O/c27-22(19-11-5-8-16-7-1-2-10-18(16)19)25-13-6-9-17(15-25)21-24-23-20-12-3-4-14-26(20)21/h1-5,7-8,10-12,14,17H,6,9,13,15H2/t17-/m0/s1. The summed E-state index contributed by atoms with van der Waals surface area (Å²) in [6, 6.07) is 19.9. The number of aromatic nitrogens is 3. The summed E-state index contributed by atoms with van der Waals surface area (Å²) in [6.07, 6.45) is 3.99. The Kier molecular flexibility index (Phi) is 3.85. The number of hydrogen-bond donors (Lipinski definition) is 0. The number of rotatable bonds is 2.